The van der Waals surface area contributed by atoms with Gasteiger partial charge in [-0.1, -0.05) is 15.9 Å². The molecule has 0 radical (unpaired) electrons. The molecule has 1 fully saturated rings. The molecule has 0 aromatic heterocycles. The molecular formula is C13H19BrN2O3S. The fraction of sp³-hybridized carbons (Fsp3) is 0.538. The van der Waals surface area contributed by atoms with Crippen molar-refractivity contribution in [3.63, 3.8) is 0 Å². The quantitative estimate of drug-likeness (QED) is 0.887. The first-order valence-electron chi connectivity index (χ1n) is 6.48. The topological polar surface area (TPSA) is 58.6 Å². The second-order valence-electron chi connectivity index (χ2n) is 4.86. The van der Waals surface area contributed by atoms with E-state index in [9.17, 15) is 8.42 Å². The van der Waals surface area contributed by atoms with Gasteiger partial charge < -0.3 is 4.74 Å². The molecule has 5 nitrogen and oxygen atoms in total. The summed E-state index contributed by atoms with van der Waals surface area (Å²) in [5.74, 6) is 0. The second-order valence-corrected chi connectivity index (χ2v) is 7.53. The van der Waals surface area contributed by atoms with Gasteiger partial charge in [0.05, 0.1) is 13.2 Å². The zero-order chi connectivity index (χ0) is 14.8. The number of nitrogens with one attached hydrogen (secondary N) is 1. The van der Waals surface area contributed by atoms with Gasteiger partial charge in [-0.25, -0.2) is 0 Å². The minimum absolute atomic E-state index is 0.310. The van der Waals surface area contributed by atoms with E-state index in [2.05, 4.69) is 20.7 Å². The van der Waals surface area contributed by atoms with Crippen LogP contribution in [-0.4, -0.2) is 39.0 Å². The normalized spacial score (nSPS) is 17.4. The van der Waals surface area contributed by atoms with Crippen LogP contribution in [0.25, 0.3) is 0 Å². The Kier molecular flexibility index (Phi) is 5.19. The predicted octanol–water partition coefficient (Wildman–Crippen LogP) is 1.73. The summed E-state index contributed by atoms with van der Waals surface area (Å²) in [6.07, 6.45) is 0. The Morgan fingerprint density at radius 2 is 1.80 bits per heavy atom. The van der Waals surface area contributed by atoms with Crippen molar-refractivity contribution in [3.8, 4) is 0 Å². The first kappa shape index (κ1) is 15.9. The van der Waals surface area contributed by atoms with Crippen LogP contribution in [0, 0.1) is 13.8 Å². The molecule has 1 heterocycles. The Morgan fingerprint density at radius 3 is 2.35 bits per heavy atom. The van der Waals surface area contributed by atoms with E-state index in [1.54, 1.807) is 0 Å². The summed E-state index contributed by atoms with van der Waals surface area (Å²) < 4.78 is 34.7. The minimum Gasteiger partial charge on any atom is -0.379 e. The molecule has 2 rings (SSSR count). The largest absolute Gasteiger partial charge is 0.379 e. The maximum Gasteiger partial charge on any atom is 0.279 e. The number of rotatable bonds is 4. The molecule has 0 unspecified atom stereocenters. The zero-order valence-electron chi connectivity index (χ0n) is 11.6. The molecule has 0 spiro atoms. The van der Waals surface area contributed by atoms with E-state index in [0.717, 1.165) is 21.2 Å². The van der Waals surface area contributed by atoms with Gasteiger partial charge in [-0.15, -0.1) is 0 Å². The van der Waals surface area contributed by atoms with E-state index in [0.29, 0.717) is 32.8 Å². The fourth-order valence-corrected chi connectivity index (χ4v) is 4.09. The molecule has 1 aromatic carbocycles. The summed E-state index contributed by atoms with van der Waals surface area (Å²) in [6, 6.07) is 3.98. The van der Waals surface area contributed by atoms with Gasteiger partial charge in [0.1, 0.15) is 0 Å². The number of hydrogen-bond donors (Lipinski definition) is 1. The van der Waals surface area contributed by atoms with Gasteiger partial charge >= 0.3 is 0 Å². The van der Waals surface area contributed by atoms with Gasteiger partial charge in [0.15, 0.2) is 0 Å². The molecule has 0 atom stereocenters. The molecule has 0 bridgehead atoms. The van der Waals surface area contributed by atoms with Crippen molar-refractivity contribution in [2.24, 2.45) is 0 Å². The molecule has 1 aliphatic heterocycles. The molecule has 0 aliphatic carbocycles. The summed E-state index contributed by atoms with van der Waals surface area (Å²) in [7, 11) is -3.43. The zero-order valence-corrected chi connectivity index (χ0v) is 14.1. The Hall–Kier alpha value is -0.470. The first-order valence-corrected chi connectivity index (χ1v) is 8.71. The summed E-state index contributed by atoms with van der Waals surface area (Å²) in [6.45, 7) is 6.01. The van der Waals surface area contributed by atoms with Crippen molar-refractivity contribution in [2.45, 2.75) is 20.4 Å². The minimum atomic E-state index is -3.43. The molecule has 0 saturated carbocycles. The van der Waals surface area contributed by atoms with Crippen LogP contribution < -0.4 is 4.72 Å². The fourth-order valence-electron chi connectivity index (χ4n) is 2.26. The standard InChI is InChI=1S/C13H19BrN2O3S/c1-10-7-12(14)8-11(2)13(10)9-15-20(17,18)16-3-5-19-6-4-16/h7-8,15H,3-6,9H2,1-2H3. The van der Waals surface area contributed by atoms with Crippen molar-refractivity contribution in [1.29, 1.82) is 0 Å². The monoisotopic (exact) mass is 362 g/mol. The average molecular weight is 363 g/mol. The van der Waals surface area contributed by atoms with Crippen molar-refractivity contribution in [1.82, 2.24) is 9.03 Å². The lowest BCUT2D eigenvalue weighted by Crippen LogP contribution is -2.46. The number of hydrogen-bond acceptors (Lipinski definition) is 3. The SMILES string of the molecule is Cc1cc(Br)cc(C)c1CNS(=O)(=O)N1CCOCC1. The van der Waals surface area contributed by atoms with E-state index in [1.807, 2.05) is 26.0 Å². The summed E-state index contributed by atoms with van der Waals surface area (Å²) in [4.78, 5) is 0. The molecule has 1 saturated heterocycles. The van der Waals surface area contributed by atoms with Crippen LogP contribution in [-0.2, 0) is 21.5 Å². The lowest BCUT2D eigenvalue weighted by molar-refractivity contribution is 0.0725. The maximum atomic E-state index is 12.2. The molecule has 20 heavy (non-hydrogen) atoms. The second kappa shape index (κ2) is 6.53. The first-order chi connectivity index (χ1) is 9.40. The predicted molar refractivity (Wildman–Crippen MR) is 81.8 cm³/mol. The van der Waals surface area contributed by atoms with Crippen molar-refractivity contribution in [3.05, 3.63) is 33.3 Å². The van der Waals surface area contributed by atoms with Gasteiger partial charge in [-0.05, 0) is 42.7 Å². The van der Waals surface area contributed by atoms with Gasteiger partial charge in [0.2, 0.25) is 0 Å². The van der Waals surface area contributed by atoms with Crippen molar-refractivity contribution < 1.29 is 13.2 Å². The number of halogens is 1. The average Bonchev–Trinajstić information content (AvgIpc) is 2.38. The van der Waals surface area contributed by atoms with E-state index in [-0.39, 0.29) is 0 Å². The number of benzene rings is 1. The Morgan fingerprint density at radius 1 is 1.25 bits per heavy atom. The molecule has 1 aliphatic rings. The summed E-state index contributed by atoms with van der Waals surface area (Å²) in [5, 5.41) is 0. The summed E-state index contributed by atoms with van der Waals surface area (Å²) in [5.41, 5.74) is 3.16. The third-order valence-electron chi connectivity index (χ3n) is 3.40. The highest BCUT2D eigenvalue weighted by atomic mass is 79.9. The Bertz CT molecular complexity index is 560. The number of ether oxygens (including phenoxy) is 1. The van der Waals surface area contributed by atoms with Crippen LogP contribution in [0.4, 0.5) is 0 Å². The molecular weight excluding hydrogens is 344 g/mol. The molecule has 1 aromatic rings. The number of aryl methyl sites for hydroxylation is 2. The highest BCUT2D eigenvalue weighted by Crippen LogP contribution is 2.20. The Balaban J connectivity index is 2.08. The van der Waals surface area contributed by atoms with Gasteiger partial charge in [0.25, 0.3) is 10.2 Å². The highest BCUT2D eigenvalue weighted by Gasteiger charge is 2.24. The molecule has 112 valence electrons. The summed E-state index contributed by atoms with van der Waals surface area (Å²) >= 11 is 3.44. The van der Waals surface area contributed by atoms with Crippen LogP contribution in [0.5, 0.6) is 0 Å². The van der Waals surface area contributed by atoms with Crippen LogP contribution in [0.3, 0.4) is 0 Å². The van der Waals surface area contributed by atoms with Gasteiger partial charge in [0, 0.05) is 24.1 Å². The van der Waals surface area contributed by atoms with E-state index in [4.69, 9.17) is 4.74 Å². The van der Waals surface area contributed by atoms with Crippen LogP contribution >= 0.6 is 15.9 Å². The third kappa shape index (κ3) is 3.79. The lowest BCUT2D eigenvalue weighted by atomic mass is 10.0. The molecule has 0 amide bonds. The van der Waals surface area contributed by atoms with Crippen LogP contribution in [0.15, 0.2) is 16.6 Å². The van der Waals surface area contributed by atoms with Gasteiger partial charge in [-0.3, -0.25) is 0 Å². The van der Waals surface area contributed by atoms with Gasteiger partial charge in [-0.2, -0.15) is 17.4 Å². The van der Waals surface area contributed by atoms with Crippen LogP contribution in [0.2, 0.25) is 0 Å². The lowest BCUT2D eigenvalue weighted by Gasteiger charge is -2.26. The van der Waals surface area contributed by atoms with Crippen LogP contribution in [0.1, 0.15) is 16.7 Å². The number of morpholine rings is 1. The third-order valence-corrected chi connectivity index (χ3v) is 5.41. The highest BCUT2D eigenvalue weighted by molar-refractivity contribution is 9.10. The van der Waals surface area contributed by atoms with E-state index < -0.39 is 10.2 Å². The van der Waals surface area contributed by atoms with E-state index in [1.165, 1.54) is 4.31 Å². The molecule has 1 N–H and O–H groups in total. The van der Waals surface area contributed by atoms with Crippen molar-refractivity contribution >= 4 is 26.1 Å². The molecule has 7 heteroatoms. The smallest absolute Gasteiger partial charge is 0.279 e. The van der Waals surface area contributed by atoms with Crippen molar-refractivity contribution in [2.75, 3.05) is 26.3 Å². The Labute approximate surface area is 128 Å². The number of nitrogens with zero attached hydrogens (tertiary/aromatic N) is 1. The maximum absolute atomic E-state index is 12.2. The van der Waals surface area contributed by atoms with E-state index >= 15 is 0 Å².